The average molecular weight is 462 g/mol. The highest BCUT2D eigenvalue weighted by Gasteiger charge is 2.37. The molecule has 3 amide bonds. The second-order valence-electron chi connectivity index (χ2n) is 8.40. The van der Waals surface area contributed by atoms with Crippen LogP contribution in [-0.4, -0.2) is 71.0 Å². The third-order valence-electron chi connectivity index (χ3n) is 5.77. The Morgan fingerprint density at radius 2 is 1.82 bits per heavy atom. The Morgan fingerprint density at radius 1 is 1.12 bits per heavy atom. The molecule has 1 aromatic carbocycles. The number of nitrogens with two attached hydrogens (primary N) is 2. The minimum absolute atomic E-state index is 0.219. The number of hydrogen-bond donors (Lipinski definition) is 5. The monoisotopic (exact) mass is 461 g/mol. The first-order valence-corrected chi connectivity index (χ1v) is 11.4. The number of carbonyl (C=O) groups excluding carboxylic acids is 3. The fourth-order valence-corrected chi connectivity index (χ4v) is 3.89. The lowest BCUT2D eigenvalue weighted by molar-refractivity contribution is -0.149. The molecule has 0 saturated carbocycles. The van der Waals surface area contributed by atoms with E-state index in [0.717, 1.165) is 12.0 Å². The number of nitrogens with zero attached hydrogens (tertiary/aromatic N) is 1. The van der Waals surface area contributed by atoms with E-state index >= 15 is 0 Å². The molecule has 33 heavy (non-hydrogen) atoms. The summed E-state index contributed by atoms with van der Waals surface area (Å²) in [6.07, 6.45) is 3.10. The molecule has 0 aromatic heterocycles. The van der Waals surface area contributed by atoms with E-state index in [0.29, 0.717) is 38.8 Å². The van der Waals surface area contributed by atoms with E-state index in [1.54, 1.807) is 0 Å². The summed E-state index contributed by atoms with van der Waals surface area (Å²) in [5.41, 5.74) is 12.3. The molecule has 0 radical (unpaired) electrons. The average Bonchev–Trinajstić information content (AvgIpc) is 3.29. The molecule has 0 aliphatic carbocycles. The quantitative estimate of drug-likeness (QED) is 0.267. The number of hydrogen-bond acceptors (Lipinski definition) is 6. The summed E-state index contributed by atoms with van der Waals surface area (Å²) < 4.78 is 0. The number of nitrogens with one attached hydrogen (secondary N) is 2. The van der Waals surface area contributed by atoms with Gasteiger partial charge in [0.15, 0.2) is 0 Å². The molecule has 0 bridgehead atoms. The molecule has 1 heterocycles. The van der Waals surface area contributed by atoms with Crippen molar-refractivity contribution in [1.82, 2.24) is 15.5 Å². The molecule has 182 valence electrons. The summed E-state index contributed by atoms with van der Waals surface area (Å²) in [5.74, 6) is -2.51. The van der Waals surface area contributed by atoms with Crippen molar-refractivity contribution in [3.8, 4) is 0 Å². The number of carbonyl (C=O) groups is 4. The normalized spacial score (nSPS) is 18.3. The molecule has 1 fully saturated rings. The maximum absolute atomic E-state index is 13.0. The van der Waals surface area contributed by atoms with Gasteiger partial charge in [0.2, 0.25) is 17.7 Å². The van der Waals surface area contributed by atoms with Crippen LogP contribution in [0.1, 0.15) is 44.6 Å². The first kappa shape index (κ1) is 26.3. The van der Waals surface area contributed by atoms with Gasteiger partial charge in [-0.1, -0.05) is 36.8 Å². The molecule has 1 aliphatic heterocycles. The maximum atomic E-state index is 13.0. The van der Waals surface area contributed by atoms with E-state index in [1.165, 1.54) is 11.8 Å². The molecule has 4 unspecified atom stereocenters. The Hall–Kier alpha value is -2.98. The molecule has 10 nitrogen and oxygen atoms in total. The Kier molecular flexibility index (Phi) is 10.3. The predicted octanol–water partition coefficient (Wildman–Crippen LogP) is -0.249. The van der Waals surface area contributed by atoms with E-state index in [1.807, 2.05) is 30.3 Å². The number of carboxylic acids is 1. The zero-order valence-electron chi connectivity index (χ0n) is 19.0. The van der Waals surface area contributed by atoms with Gasteiger partial charge in [-0.15, -0.1) is 0 Å². The van der Waals surface area contributed by atoms with Crippen LogP contribution in [0.3, 0.4) is 0 Å². The van der Waals surface area contributed by atoms with Crippen LogP contribution >= 0.6 is 0 Å². The van der Waals surface area contributed by atoms with Gasteiger partial charge in [-0.25, -0.2) is 4.79 Å². The number of rotatable bonds is 12. The SMILES string of the molecule is CC(NC(=O)C(Cc1ccccc1)NC(=O)C(N)CCCCN)C(=O)N1CCCC1C(=O)O. The smallest absolute Gasteiger partial charge is 0.326 e. The largest absolute Gasteiger partial charge is 0.480 e. The van der Waals surface area contributed by atoms with Crippen molar-refractivity contribution in [1.29, 1.82) is 0 Å². The molecule has 2 rings (SSSR count). The minimum atomic E-state index is -1.06. The molecule has 1 saturated heterocycles. The Morgan fingerprint density at radius 3 is 2.45 bits per heavy atom. The van der Waals surface area contributed by atoms with E-state index in [-0.39, 0.29) is 6.42 Å². The number of carboxylic acid groups (broad SMARTS) is 1. The molecule has 10 heteroatoms. The van der Waals surface area contributed by atoms with E-state index in [9.17, 15) is 24.3 Å². The van der Waals surface area contributed by atoms with Gasteiger partial charge in [-0.3, -0.25) is 14.4 Å². The van der Waals surface area contributed by atoms with Gasteiger partial charge in [0.25, 0.3) is 0 Å². The molecule has 0 spiro atoms. The van der Waals surface area contributed by atoms with Crippen molar-refractivity contribution in [3.63, 3.8) is 0 Å². The number of amides is 3. The summed E-state index contributed by atoms with van der Waals surface area (Å²) in [4.78, 5) is 51.1. The van der Waals surface area contributed by atoms with Crippen molar-refractivity contribution < 1.29 is 24.3 Å². The number of likely N-dealkylation sites (tertiary alicyclic amines) is 1. The van der Waals surface area contributed by atoms with Crippen LogP contribution in [0.4, 0.5) is 0 Å². The van der Waals surface area contributed by atoms with Gasteiger partial charge in [0.1, 0.15) is 18.1 Å². The van der Waals surface area contributed by atoms with Crippen LogP contribution in [0.25, 0.3) is 0 Å². The predicted molar refractivity (Wildman–Crippen MR) is 123 cm³/mol. The highest BCUT2D eigenvalue weighted by atomic mass is 16.4. The zero-order valence-corrected chi connectivity index (χ0v) is 19.0. The molecule has 4 atom stereocenters. The van der Waals surface area contributed by atoms with E-state index in [2.05, 4.69) is 10.6 Å². The lowest BCUT2D eigenvalue weighted by Gasteiger charge is -2.27. The highest BCUT2D eigenvalue weighted by Crippen LogP contribution is 2.18. The van der Waals surface area contributed by atoms with Gasteiger partial charge in [-0.05, 0) is 44.7 Å². The second-order valence-corrected chi connectivity index (χ2v) is 8.40. The van der Waals surface area contributed by atoms with Gasteiger partial charge < -0.3 is 32.1 Å². The van der Waals surface area contributed by atoms with Crippen molar-refractivity contribution >= 4 is 23.7 Å². The fraction of sp³-hybridized carbons (Fsp3) is 0.565. The summed E-state index contributed by atoms with van der Waals surface area (Å²) in [6, 6.07) is 5.64. The summed E-state index contributed by atoms with van der Waals surface area (Å²) in [7, 11) is 0. The Balaban J connectivity index is 2.06. The van der Waals surface area contributed by atoms with Gasteiger partial charge in [0, 0.05) is 13.0 Å². The standard InChI is InChI=1S/C23H35N5O5/c1-15(22(31)28-13-7-11-19(28)23(32)33)26-21(30)18(14-16-8-3-2-4-9-16)27-20(29)17(25)10-5-6-12-24/h2-4,8-9,15,17-19H,5-7,10-14,24-25H2,1H3,(H,26,30)(H,27,29)(H,32,33). The van der Waals surface area contributed by atoms with Crippen LogP contribution in [0.2, 0.25) is 0 Å². The van der Waals surface area contributed by atoms with Gasteiger partial charge in [0.05, 0.1) is 6.04 Å². The van der Waals surface area contributed by atoms with Crippen LogP contribution in [-0.2, 0) is 25.6 Å². The van der Waals surface area contributed by atoms with Crippen molar-refractivity contribution in [2.45, 2.75) is 69.6 Å². The third kappa shape index (κ3) is 7.83. The van der Waals surface area contributed by atoms with Gasteiger partial charge >= 0.3 is 5.97 Å². The first-order chi connectivity index (χ1) is 15.7. The topological polar surface area (TPSA) is 168 Å². The Labute approximate surface area is 194 Å². The van der Waals surface area contributed by atoms with E-state index < -0.39 is 47.9 Å². The fourth-order valence-electron chi connectivity index (χ4n) is 3.89. The third-order valence-corrected chi connectivity index (χ3v) is 5.77. The molecule has 1 aromatic rings. The summed E-state index contributed by atoms with van der Waals surface area (Å²) in [5, 5.41) is 14.7. The van der Waals surface area contributed by atoms with Crippen molar-refractivity contribution in [2.24, 2.45) is 11.5 Å². The first-order valence-electron chi connectivity index (χ1n) is 11.4. The van der Waals surface area contributed by atoms with Crippen molar-refractivity contribution in [3.05, 3.63) is 35.9 Å². The summed E-state index contributed by atoms with van der Waals surface area (Å²) >= 11 is 0. The number of unbranched alkanes of at least 4 members (excludes halogenated alkanes) is 1. The molecular formula is C23H35N5O5. The van der Waals surface area contributed by atoms with Crippen molar-refractivity contribution in [2.75, 3.05) is 13.1 Å². The maximum Gasteiger partial charge on any atom is 0.326 e. The van der Waals surface area contributed by atoms with Crippen LogP contribution < -0.4 is 22.1 Å². The summed E-state index contributed by atoms with van der Waals surface area (Å²) in [6.45, 7) is 2.36. The highest BCUT2D eigenvalue weighted by molar-refractivity contribution is 5.94. The van der Waals surface area contributed by atoms with Crippen LogP contribution in [0, 0.1) is 0 Å². The second kappa shape index (κ2) is 12.9. The lowest BCUT2D eigenvalue weighted by atomic mass is 10.0. The van der Waals surface area contributed by atoms with Crippen LogP contribution in [0.5, 0.6) is 0 Å². The van der Waals surface area contributed by atoms with Gasteiger partial charge in [-0.2, -0.15) is 0 Å². The van der Waals surface area contributed by atoms with Crippen LogP contribution in [0.15, 0.2) is 30.3 Å². The van der Waals surface area contributed by atoms with E-state index in [4.69, 9.17) is 11.5 Å². The molecular weight excluding hydrogens is 426 g/mol. The lowest BCUT2D eigenvalue weighted by Crippen LogP contribution is -2.56. The zero-order chi connectivity index (χ0) is 24.4. The Bertz CT molecular complexity index is 819. The molecule has 7 N–H and O–H groups in total. The number of benzene rings is 1. The molecule has 1 aliphatic rings. The number of aliphatic carboxylic acids is 1. The minimum Gasteiger partial charge on any atom is -0.480 e.